The highest BCUT2D eigenvalue weighted by atomic mass is 16.7. The molecular weight excluding hydrogens is 356 g/mol. The molecule has 3 aliphatic heterocycles. The average molecular weight is 389 g/mol. The van der Waals surface area contributed by atoms with Crippen LogP contribution in [0.4, 0.5) is 0 Å². The Bertz CT molecular complexity index is 682. The number of carbonyl (C=O) groups excluding carboxylic acids is 1. The third-order valence-electron chi connectivity index (χ3n) is 6.29. The summed E-state index contributed by atoms with van der Waals surface area (Å²) in [6.45, 7) is 14.1. The van der Waals surface area contributed by atoms with Gasteiger partial charge in [0.05, 0.1) is 6.04 Å². The van der Waals surface area contributed by atoms with Crippen molar-refractivity contribution in [2.24, 2.45) is 0 Å². The molecule has 0 aliphatic carbocycles. The number of hydrogen-bond donors (Lipinski definition) is 0. The minimum absolute atomic E-state index is 0.0270. The number of hydrogen-bond acceptors (Lipinski definition) is 6. The van der Waals surface area contributed by atoms with Crippen molar-refractivity contribution in [3.05, 3.63) is 23.8 Å². The summed E-state index contributed by atoms with van der Waals surface area (Å²) in [6.07, 6.45) is 0. The van der Waals surface area contributed by atoms with Crippen LogP contribution in [0.15, 0.2) is 18.2 Å². The average Bonchev–Trinajstić information content (AvgIpc) is 3.21. The van der Waals surface area contributed by atoms with Crippen LogP contribution in [-0.2, 0) is 11.3 Å². The molecule has 0 spiro atoms. The van der Waals surface area contributed by atoms with Crippen LogP contribution >= 0.6 is 0 Å². The molecule has 154 valence electrons. The van der Waals surface area contributed by atoms with Gasteiger partial charge in [0.15, 0.2) is 11.5 Å². The van der Waals surface area contributed by atoms with Crippen molar-refractivity contribution >= 4 is 5.91 Å². The van der Waals surface area contributed by atoms with E-state index in [9.17, 15) is 4.79 Å². The molecule has 28 heavy (non-hydrogen) atoms. The lowest BCUT2D eigenvalue weighted by Gasteiger charge is -2.41. The van der Waals surface area contributed by atoms with E-state index in [4.69, 9.17) is 9.47 Å². The topological polar surface area (TPSA) is 48.5 Å². The molecule has 3 aliphatic rings. The predicted octanol–water partition coefficient (Wildman–Crippen LogP) is 1.09. The lowest BCUT2D eigenvalue weighted by molar-refractivity contribution is -0.138. The Balaban J connectivity index is 1.25. The van der Waals surface area contributed by atoms with E-state index in [2.05, 4.69) is 45.6 Å². The monoisotopic (exact) mass is 388 g/mol. The molecule has 0 radical (unpaired) electrons. The molecule has 7 nitrogen and oxygen atoms in total. The summed E-state index contributed by atoms with van der Waals surface area (Å²) in [5.74, 6) is 1.97. The first-order chi connectivity index (χ1) is 13.6. The van der Waals surface area contributed by atoms with Gasteiger partial charge in [-0.3, -0.25) is 14.6 Å². The van der Waals surface area contributed by atoms with Crippen LogP contribution in [0.1, 0.15) is 19.4 Å². The number of ether oxygens (including phenoxy) is 2. The number of likely N-dealkylation sites (N-methyl/N-ethyl adjacent to an activating group) is 1. The second-order valence-electron chi connectivity index (χ2n) is 7.94. The largest absolute Gasteiger partial charge is 0.454 e. The predicted molar refractivity (Wildman–Crippen MR) is 108 cm³/mol. The molecule has 2 saturated heterocycles. The maximum absolute atomic E-state index is 12.9. The highest BCUT2D eigenvalue weighted by Crippen LogP contribution is 2.32. The van der Waals surface area contributed by atoms with Crippen molar-refractivity contribution in [3.63, 3.8) is 0 Å². The zero-order valence-corrected chi connectivity index (χ0v) is 17.1. The van der Waals surface area contributed by atoms with E-state index < -0.39 is 0 Å². The standard InChI is InChI=1S/C21H32N4O3/c1-3-22-6-12-25(13-7-22)21(26)17(2)24-10-8-23(9-11-24)15-18-4-5-19-20(14-18)28-16-27-19/h4-5,14,17H,3,6-13,15-16H2,1-2H3. The molecule has 1 aromatic rings. The molecule has 0 aromatic heterocycles. The Labute approximate surface area is 167 Å². The molecule has 0 saturated carbocycles. The first kappa shape index (κ1) is 19.5. The first-order valence-corrected chi connectivity index (χ1v) is 10.5. The zero-order chi connectivity index (χ0) is 19.5. The Hall–Kier alpha value is -1.83. The van der Waals surface area contributed by atoms with Crippen LogP contribution in [0.5, 0.6) is 11.5 Å². The smallest absolute Gasteiger partial charge is 0.239 e. The van der Waals surface area contributed by atoms with Gasteiger partial charge in [0.1, 0.15) is 0 Å². The van der Waals surface area contributed by atoms with Crippen LogP contribution in [-0.4, -0.2) is 97.2 Å². The van der Waals surface area contributed by atoms with Crippen molar-refractivity contribution in [2.45, 2.75) is 26.4 Å². The lowest BCUT2D eigenvalue weighted by Crippen LogP contribution is -2.57. The highest BCUT2D eigenvalue weighted by molar-refractivity contribution is 5.81. The summed E-state index contributed by atoms with van der Waals surface area (Å²) in [4.78, 5) is 22.1. The summed E-state index contributed by atoms with van der Waals surface area (Å²) < 4.78 is 10.9. The van der Waals surface area contributed by atoms with Gasteiger partial charge in [0.2, 0.25) is 12.7 Å². The van der Waals surface area contributed by atoms with E-state index in [1.165, 1.54) is 5.56 Å². The van der Waals surface area contributed by atoms with E-state index in [-0.39, 0.29) is 6.04 Å². The fraction of sp³-hybridized carbons (Fsp3) is 0.667. The van der Waals surface area contributed by atoms with E-state index in [1.807, 2.05) is 6.07 Å². The van der Waals surface area contributed by atoms with Crippen LogP contribution in [0, 0.1) is 0 Å². The van der Waals surface area contributed by atoms with Crippen LogP contribution < -0.4 is 9.47 Å². The number of carbonyl (C=O) groups is 1. The third-order valence-corrected chi connectivity index (χ3v) is 6.29. The molecule has 7 heteroatoms. The number of fused-ring (bicyclic) bond motifs is 1. The minimum Gasteiger partial charge on any atom is -0.454 e. The molecule has 1 aromatic carbocycles. The molecule has 1 atom stereocenters. The van der Waals surface area contributed by atoms with Gasteiger partial charge in [0.25, 0.3) is 0 Å². The maximum atomic E-state index is 12.9. The van der Waals surface area contributed by atoms with Gasteiger partial charge in [-0.15, -0.1) is 0 Å². The second-order valence-corrected chi connectivity index (χ2v) is 7.94. The van der Waals surface area contributed by atoms with Gasteiger partial charge in [-0.25, -0.2) is 0 Å². The second kappa shape index (κ2) is 8.68. The van der Waals surface area contributed by atoms with Gasteiger partial charge >= 0.3 is 0 Å². The van der Waals surface area contributed by atoms with Gasteiger partial charge in [-0.1, -0.05) is 13.0 Å². The van der Waals surface area contributed by atoms with Crippen molar-refractivity contribution in [1.29, 1.82) is 0 Å². The number of piperazine rings is 2. The Morgan fingerprint density at radius 1 is 0.964 bits per heavy atom. The van der Waals surface area contributed by atoms with Gasteiger partial charge in [0, 0.05) is 58.9 Å². The van der Waals surface area contributed by atoms with E-state index in [1.54, 1.807) is 0 Å². The van der Waals surface area contributed by atoms with Crippen molar-refractivity contribution in [1.82, 2.24) is 19.6 Å². The summed E-state index contributed by atoms with van der Waals surface area (Å²) in [6, 6.07) is 6.16. The van der Waals surface area contributed by atoms with Gasteiger partial charge < -0.3 is 19.3 Å². The van der Waals surface area contributed by atoms with E-state index in [0.29, 0.717) is 12.7 Å². The van der Waals surface area contributed by atoms with Gasteiger partial charge in [-0.2, -0.15) is 0 Å². The Morgan fingerprint density at radius 2 is 1.64 bits per heavy atom. The molecule has 0 N–H and O–H groups in total. The molecule has 3 heterocycles. The molecule has 1 unspecified atom stereocenters. The van der Waals surface area contributed by atoms with E-state index in [0.717, 1.165) is 76.9 Å². The normalized spacial score (nSPS) is 22.4. The molecule has 2 fully saturated rings. The highest BCUT2D eigenvalue weighted by Gasteiger charge is 2.30. The van der Waals surface area contributed by atoms with Gasteiger partial charge in [-0.05, 0) is 31.2 Å². The molecule has 0 bridgehead atoms. The summed E-state index contributed by atoms with van der Waals surface area (Å²) in [7, 11) is 0. The fourth-order valence-corrected chi connectivity index (χ4v) is 4.31. The van der Waals surface area contributed by atoms with Crippen LogP contribution in [0.3, 0.4) is 0 Å². The van der Waals surface area contributed by atoms with E-state index >= 15 is 0 Å². The number of rotatable bonds is 5. The lowest BCUT2D eigenvalue weighted by atomic mass is 10.1. The molecular formula is C21H32N4O3. The van der Waals surface area contributed by atoms with Crippen LogP contribution in [0.25, 0.3) is 0 Å². The van der Waals surface area contributed by atoms with Crippen LogP contribution in [0.2, 0.25) is 0 Å². The number of benzene rings is 1. The van der Waals surface area contributed by atoms with Crippen molar-refractivity contribution < 1.29 is 14.3 Å². The van der Waals surface area contributed by atoms with Crippen molar-refractivity contribution in [2.75, 3.05) is 65.7 Å². The SMILES string of the molecule is CCN1CCN(C(=O)C(C)N2CCN(Cc3ccc4c(c3)OCO4)CC2)CC1. The third kappa shape index (κ3) is 4.26. The quantitative estimate of drug-likeness (QED) is 0.753. The summed E-state index contributed by atoms with van der Waals surface area (Å²) in [5.41, 5.74) is 1.25. The molecule has 4 rings (SSSR count). The number of nitrogens with zero attached hydrogens (tertiary/aromatic N) is 4. The van der Waals surface area contributed by atoms with Crippen molar-refractivity contribution in [3.8, 4) is 11.5 Å². The minimum atomic E-state index is -0.0270. The molecule has 1 amide bonds. The first-order valence-electron chi connectivity index (χ1n) is 10.5. The fourth-order valence-electron chi connectivity index (χ4n) is 4.31. The summed E-state index contributed by atoms with van der Waals surface area (Å²) in [5, 5.41) is 0. The maximum Gasteiger partial charge on any atom is 0.239 e. The number of amides is 1. The Kier molecular flexibility index (Phi) is 6.04. The Morgan fingerprint density at radius 3 is 2.36 bits per heavy atom. The zero-order valence-electron chi connectivity index (χ0n) is 17.1. The summed E-state index contributed by atoms with van der Waals surface area (Å²) >= 11 is 0.